The quantitative estimate of drug-likeness (QED) is 0.726. The normalized spacial score (nSPS) is 21.9. The van der Waals surface area contributed by atoms with E-state index in [1.54, 1.807) is 0 Å². The van der Waals surface area contributed by atoms with E-state index < -0.39 is 0 Å². The molecule has 96 valence electrons. The zero-order valence-electron chi connectivity index (χ0n) is 11.0. The van der Waals surface area contributed by atoms with Crippen LogP contribution >= 0.6 is 0 Å². The summed E-state index contributed by atoms with van der Waals surface area (Å²) >= 11 is 0. The van der Waals surface area contributed by atoms with Crippen molar-refractivity contribution < 1.29 is 9.47 Å². The van der Waals surface area contributed by atoms with Crippen molar-refractivity contribution in [2.45, 2.75) is 51.7 Å². The van der Waals surface area contributed by atoms with Crippen LogP contribution in [0.15, 0.2) is 0 Å². The first-order valence-electron chi connectivity index (χ1n) is 6.68. The zero-order chi connectivity index (χ0) is 11.8. The first-order valence-corrected chi connectivity index (χ1v) is 6.68. The van der Waals surface area contributed by atoms with E-state index in [2.05, 4.69) is 19.2 Å². The third-order valence-corrected chi connectivity index (χ3v) is 3.53. The van der Waals surface area contributed by atoms with E-state index in [0.717, 1.165) is 32.2 Å². The van der Waals surface area contributed by atoms with Crippen LogP contribution in [0.3, 0.4) is 0 Å². The van der Waals surface area contributed by atoms with Crippen molar-refractivity contribution in [3.05, 3.63) is 0 Å². The second-order valence-corrected chi connectivity index (χ2v) is 4.59. The lowest BCUT2D eigenvalue weighted by Crippen LogP contribution is -2.41. The molecule has 0 aromatic rings. The predicted octanol–water partition coefficient (Wildman–Crippen LogP) is 2.21. The third-order valence-electron chi connectivity index (χ3n) is 3.53. The van der Waals surface area contributed by atoms with Crippen LogP contribution in [0.25, 0.3) is 0 Å². The average molecular weight is 229 g/mol. The number of hydrogen-bond donors (Lipinski definition) is 1. The molecule has 1 aliphatic heterocycles. The molecule has 2 atom stereocenters. The summed E-state index contributed by atoms with van der Waals surface area (Å²) in [7, 11) is 2.05. The first-order chi connectivity index (χ1) is 7.81. The van der Waals surface area contributed by atoms with E-state index in [-0.39, 0.29) is 0 Å². The predicted molar refractivity (Wildman–Crippen MR) is 66.7 cm³/mol. The topological polar surface area (TPSA) is 30.5 Å². The largest absolute Gasteiger partial charge is 0.381 e. The molecule has 0 saturated carbocycles. The molecule has 0 radical (unpaired) electrons. The van der Waals surface area contributed by atoms with Gasteiger partial charge in [-0.2, -0.15) is 0 Å². The Morgan fingerprint density at radius 2 is 2.00 bits per heavy atom. The Morgan fingerprint density at radius 3 is 2.50 bits per heavy atom. The van der Waals surface area contributed by atoms with Gasteiger partial charge in [0.2, 0.25) is 0 Å². The van der Waals surface area contributed by atoms with Crippen LogP contribution in [0.4, 0.5) is 0 Å². The zero-order valence-corrected chi connectivity index (χ0v) is 11.0. The molecule has 1 saturated heterocycles. The van der Waals surface area contributed by atoms with Gasteiger partial charge in [0.25, 0.3) is 0 Å². The molecular weight excluding hydrogens is 202 g/mol. The molecule has 0 aromatic carbocycles. The molecule has 0 amide bonds. The number of likely N-dealkylation sites (N-methyl/N-ethyl adjacent to an activating group) is 1. The highest BCUT2D eigenvalue weighted by Crippen LogP contribution is 2.22. The summed E-state index contributed by atoms with van der Waals surface area (Å²) in [6.45, 7) is 6.96. The molecule has 0 aromatic heterocycles. The Labute approximate surface area is 99.9 Å². The van der Waals surface area contributed by atoms with Crippen LogP contribution in [-0.2, 0) is 9.47 Å². The molecule has 1 fully saturated rings. The van der Waals surface area contributed by atoms with Crippen molar-refractivity contribution in [1.82, 2.24) is 5.32 Å². The fourth-order valence-corrected chi connectivity index (χ4v) is 2.53. The van der Waals surface area contributed by atoms with Gasteiger partial charge >= 0.3 is 0 Å². The molecule has 1 aliphatic rings. The minimum Gasteiger partial charge on any atom is -0.381 e. The van der Waals surface area contributed by atoms with Gasteiger partial charge in [-0.25, -0.2) is 0 Å². The minimum atomic E-state index is 0.359. The van der Waals surface area contributed by atoms with Crippen LogP contribution in [0, 0.1) is 5.92 Å². The van der Waals surface area contributed by atoms with Gasteiger partial charge in [0.1, 0.15) is 0 Å². The maximum atomic E-state index is 5.79. The maximum absolute atomic E-state index is 5.79. The molecule has 3 heteroatoms. The van der Waals surface area contributed by atoms with Crippen LogP contribution in [0.2, 0.25) is 0 Å². The van der Waals surface area contributed by atoms with Crippen molar-refractivity contribution in [1.29, 1.82) is 0 Å². The fourth-order valence-electron chi connectivity index (χ4n) is 2.53. The number of nitrogens with one attached hydrogen (secondary N) is 1. The third kappa shape index (κ3) is 4.40. The average Bonchev–Trinajstić information content (AvgIpc) is 2.35. The van der Waals surface area contributed by atoms with Crippen molar-refractivity contribution in [3.8, 4) is 0 Å². The van der Waals surface area contributed by atoms with Gasteiger partial charge < -0.3 is 14.8 Å². The van der Waals surface area contributed by atoms with Gasteiger partial charge in [-0.15, -0.1) is 0 Å². The second kappa shape index (κ2) is 8.04. The summed E-state index contributed by atoms with van der Waals surface area (Å²) in [6, 6.07) is 0.494. The Morgan fingerprint density at radius 1 is 1.31 bits per heavy atom. The maximum Gasteiger partial charge on any atom is 0.0725 e. The highest BCUT2D eigenvalue weighted by atomic mass is 16.5. The molecule has 16 heavy (non-hydrogen) atoms. The number of ether oxygens (including phenoxy) is 2. The van der Waals surface area contributed by atoms with Crippen molar-refractivity contribution in [3.63, 3.8) is 0 Å². The Bertz CT molecular complexity index is 169. The molecule has 0 aliphatic carbocycles. The number of hydrogen-bond acceptors (Lipinski definition) is 3. The monoisotopic (exact) mass is 229 g/mol. The van der Waals surface area contributed by atoms with Gasteiger partial charge in [-0.1, -0.05) is 6.92 Å². The Hall–Kier alpha value is -0.120. The first kappa shape index (κ1) is 13.9. The molecule has 1 N–H and O–H groups in total. The van der Waals surface area contributed by atoms with E-state index in [0.29, 0.717) is 12.1 Å². The molecular formula is C13H27NO2. The lowest BCUT2D eigenvalue weighted by molar-refractivity contribution is 0.0140. The van der Waals surface area contributed by atoms with Gasteiger partial charge in [0.05, 0.1) is 6.10 Å². The van der Waals surface area contributed by atoms with Crippen molar-refractivity contribution >= 4 is 0 Å². The summed E-state index contributed by atoms with van der Waals surface area (Å²) < 4.78 is 11.2. The lowest BCUT2D eigenvalue weighted by atomic mass is 9.89. The van der Waals surface area contributed by atoms with Crippen molar-refractivity contribution in [2.75, 3.05) is 26.9 Å². The molecule has 0 bridgehead atoms. The second-order valence-electron chi connectivity index (χ2n) is 4.59. The summed E-state index contributed by atoms with van der Waals surface area (Å²) in [5, 5.41) is 3.42. The van der Waals surface area contributed by atoms with E-state index in [1.165, 1.54) is 19.3 Å². The molecule has 2 unspecified atom stereocenters. The van der Waals surface area contributed by atoms with Crippen LogP contribution < -0.4 is 5.32 Å². The van der Waals surface area contributed by atoms with Gasteiger partial charge in [-0.3, -0.25) is 0 Å². The number of rotatable bonds is 7. The highest BCUT2D eigenvalue weighted by Gasteiger charge is 2.24. The van der Waals surface area contributed by atoms with Gasteiger partial charge in [0.15, 0.2) is 0 Å². The van der Waals surface area contributed by atoms with Crippen LogP contribution in [0.1, 0.15) is 39.5 Å². The lowest BCUT2D eigenvalue weighted by Gasteiger charge is -2.31. The summed E-state index contributed by atoms with van der Waals surface area (Å²) in [5.41, 5.74) is 0. The Kier molecular flexibility index (Phi) is 7.01. The molecule has 1 rings (SSSR count). The summed E-state index contributed by atoms with van der Waals surface area (Å²) in [4.78, 5) is 0. The standard InChI is InChI=1S/C13H27NO2/c1-4-13(16-5-2)12(14-3)10-11-6-8-15-9-7-11/h11-14H,4-10H2,1-3H3. The van der Waals surface area contributed by atoms with E-state index in [1.807, 2.05) is 7.05 Å². The molecule has 3 nitrogen and oxygen atoms in total. The van der Waals surface area contributed by atoms with Crippen LogP contribution in [0.5, 0.6) is 0 Å². The fraction of sp³-hybridized carbons (Fsp3) is 1.00. The Balaban J connectivity index is 2.38. The molecule has 0 spiro atoms. The van der Waals surface area contributed by atoms with Crippen LogP contribution in [-0.4, -0.2) is 39.0 Å². The van der Waals surface area contributed by atoms with E-state index in [4.69, 9.17) is 9.47 Å². The minimum absolute atomic E-state index is 0.359. The van der Waals surface area contributed by atoms with E-state index >= 15 is 0 Å². The SMILES string of the molecule is CCOC(CC)C(CC1CCOCC1)NC. The summed E-state index contributed by atoms with van der Waals surface area (Å²) in [6.07, 6.45) is 5.08. The van der Waals surface area contributed by atoms with E-state index in [9.17, 15) is 0 Å². The molecule has 1 heterocycles. The summed E-state index contributed by atoms with van der Waals surface area (Å²) in [5.74, 6) is 0.806. The highest BCUT2D eigenvalue weighted by molar-refractivity contribution is 4.79. The van der Waals surface area contributed by atoms with Gasteiger partial charge in [0, 0.05) is 25.9 Å². The van der Waals surface area contributed by atoms with Crippen molar-refractivity contribution in [2.24, 2.45) is 5.92 Å². The van der Waals surface area contributed by atoms with Gasteiger partial charge in [-0.05, 0) is 45.6 Å². The smallest absolute Gasteiger partial charge is 0.0725 e.